The van der Waals surface area contributed by atoms with Crippen molar-refractivity contribution >= 4 is 0 Å². The first-order chi connectivity index (χ1) is 9.81. The highest BCUT2D eigenvalue weighted by Gasteiger charge is 2.20. The van der Waals surface area contributed by atoms with Gasteiger partial charge in [-0.1, -0.05) is 19.8 Å². The first kappa shape index (κ1) is 13.2. The summed E-state index contributed by atoms with van der Waals surface area (Å²) in [5.74, 6) is 1.78. The van der Waals surface area contributed by atoms with E-state index in [1.165, 1.54) is 12.8 Å². The van der Waals surface area contributed by atoms with Crippen LogP contribution in [0, 0.1) is 5.92 Å². The molecule has 1 fully saturated rings. The summed E-state index contributed by atoms with van der Waals surface area (Å²) in [6.45, 7) is 2.67. The monoisotopic (exact) mass is 273 g/mol. The minimum atomic E-state index is 0.326. The van der Waals surface area contributed by atoms with Crippen LogP contribution in [0.5, 0.6) is 0 Å². The molecule has 0 bridgehead atoms. The molecule has 1 aliphatic carbocycles. The zero-order chi connectivity index (χ0) is 13.8. The third-order valence-electron chi connectivity index (χ3n) is 3.71. The van der Waals surface area contributed by atoms with Crippen LogP contribution >= 0.6 is 0 Å². The maximum atomic E-state index is 5.88. The number of hydrogen-bond donors (Lipinski definition) is 0. The van der Waals surface area contributed by atoms with Crippen LogP contribution in [-0.4, -0.2) is 21.3 Å². The fourth-order valence-electron chi connectivity index (χ4n) is 2.64. The molecule has 2 atom stereocenters. The van der Waals surface area contributed by atoms with Gasteiger partial charge in [-0.15, -0.1) is 10.2 Å². The zero-order valence-electron chi connectivity index (χ0n) is 11.7. The summed E-state index contributed by atoms with van der Waals surface area (Å²) in [7, 11) is 0. The van der Waals surface area contributed by atoms with Crippen molar-refractivity contribution in [1.29, 1.82) is 0 Å². The first-order valence-corrected chi connectivity index (χ1v) is 7.15. The van der Waals surface area contributed by atoms with Crippen molar-refractivity contribution in [3.63, 3.8) is 0 Å². The zero-order valence-corrected chi connectivity index (χ0v) is 11.7. The van der Waals surface area contributed by atoms with Crippen LogP contribution in [0.1, 0.15) is 38.5 Å². The summed E-state index contributed by atoms with van der Waals surface area (Å²) in [6, 6.07) is 3.74. The Morgan fingerprint density at radius 1 is 1.35 bits per heavy atom. The van der Waals surface area contributed by atoms with Gasteiger partial charge in [-0.05, 0) is 30.9 Å². The van der Waals surface area contributed by atoms with E-state index in [-0.39, 0.29) is 0 Å². The summed E-state index contributed by atoms with van der Waals surface area (Å²) < 4.78 is 11.5. The Bertz CT molecular complexity index is 541. The van der Waals surface area contributed by atoms with Crippen molar-refractivity contribution in [3.05, 3.63) is 30.4 Å². The minimum Gasteiger partial charge on any atom is -0.418 e. The molecule has 2 aromatic heterocycles. The van der Waals surface area contributed by atoms with Crippen molar-refractivity contribution in [3.8, 4) is 11.5 Å². The smallest absolute Gasteiger partial charge is 0.249 e. The average molecular weight is 273 g/mol. The SMILES string of the molecule is CC1CCCC(OCc2nnc(-c3cccnc3)o2)C1. The molecule has 106 valence electrons. The minimum absolute atomic E-state index is 0.326. The van der Waals surface area contributed by atoms with Gasteiger partial charge in [0, 0.05) is 12.4 Å². The Balaban J connectivity index is 1.58. The number of rotatable bonds is 4. The van der Waals surface area contributed by atoms with Crippen molar-refractivity contribution in [1.82, 2.24) is 15.2 Å². The molecule has 0 N–H and O–H groups in total. The second-order valence-electron chi connectivity index (χ2n) is 5.45. The molecule has 5 heteroatoms. The van der Waals surface area contributed by atoms with Crippen molar-refractivity contribution in [2.45, 2.75) is 45.3 Å². The predicted molar refractivity (Wildman–Crippen MR) is 73.7 cm³/mol. The van der Waals surface area contributed by atoms with Gasteiger partial charge in [0.1, 0.15) is 6.61 Å². The van der Waals surface area contributed by atoms with Crippen LogP contribution in [0.2, 0.25) is 0 Å². The lowest BCUT2D eigenvalue weighted by Gasteiger charge is -2.26. The summed E-state index contributed by atoms with van der Waals surface area (Å²) in [6.07, 6.45) is 8.57. The number of hydrogen-bond acceptors (Lipinski definition) is 5. The van der Waals surface area contributed by atoms with E-state index in [4.69, 9.17) is 9.15 Å². The van der Waals surface area contributed by atoms with Crippen LogP contribution in [0.3, 0.4) is 0 Å². The average Bonchev–Trinajstić information content (AvgIpc) is 2.95. The highest BCUT2D eigenvalue weighted by atomic mass is 16.5. The molecular formula is C15H19N3O2. The van der Waals surface area contributed by atoms with E-state index in [1.807, 2.05) is 12.1 Å². The lowest BCUT2D eigenvalue weighted by atomic mass is 9.89. The topological polar surface area (TPSA) is 61.0 Å². The Morgan fingerprint density at radius 2 is 2.30 bits per heavy atom. The van der Waals surface area contributed by atoms with Crippen molar-refractivity contribution in [2.24, 2.45) is 5.92 Å². The molecule has 2 unspecified atom stereocenters. The normalized spacial score (nSPS) is 22.9. The van der Waals surface area contributed by atoms with E-state index in [1.54, 1.807) is 12.4 Å². The molecule has 2 heterocycles. The lowest BCUT2D eigenvalue weighted by molar-refractivity contribution is -0.00444. The molecule has 1 saturated carbocycles. The van der Waals surface area contributed by atoms with Gasteiger partial charge in [-0.25, -0.2) is 0 Å². The van der Waals surface area contributed by atoms with E-state index in [2.05, 4.69) is 22.1 Å². The van der Waals surface area contributed by atoms with Gasteiger partial charge < -0.3 is 9.15 Å². The van der Waals surface area contributed by atoms with E-state index >= 15 is 0 Å². The third kappa shape index (κ3) is 3.22. The molecule has 0 spiro atoms. The Hall–Kier alpha value is -1.75. The van der Waals surface area contributed by atoms with Crippen LogP contribution in [0.15, 0.2) is 28.9 Å². The molecule has 0 amide bonds. The fraction of sp³-hybridized carbons (Fsp3) is 0.533. The highest BCUT2D eigenvalue weighted by Crippen LogP contribution is 2.26. The molecule has 3 rings (SSSR count). The third-order valence-corrected chi connectivity index (χ3v) is 3.71. The van der Waals surface area contributed by atoms with Gasteiger partial charge >= 0.3 is 0 Å². The van der Waals surface area contributed by atoms with Gasteiger partial charge in [0.15, 0.2) is 0 Å². The highest BCUT2D eigenvalue weighted by molar-refractivity contribution is 5.49. The van der Waals surface area contributed by atoms with E-state index in [0.717, 1.165) is 24.3 Å². The number of aromatic nitrogens is 3. The Kier molecular flexibility index (Phi) is 4.06. The molecule has 20 heavy (non-hydrogen) atoms. The first-order valence-electron chi connectivity index (χ1n) is 7.15. The van der Waals surface area contributed by atoms with Crippen molar-refractivity contribution < 1.29 is 9.15 Å². The molecule has 2 aromatic rings. The van der Waals surface area contributed by atoms with E-state index in [0.29, 0.717) is 24.5 Å². The Morgan fingerprint density at radius 3 is 3.10 bits per heavy atom. The van der Waals surface area contributed by atoms with E-state index in [9.17, 15) is 0 Å². The quantitative estimate of drug-likeness (QED) is 0.855. The fourth-order valence-corrected chi connectivity index (χ4v) is 2.64. The standard InChI is InChI=1S/C15H19N3O2/c1-11-4-2-6-13(8-11)19-10-14-17-18-15(20-14)12-5-3-7-16-9-12/h3,5,7,9,11,13H,2,4,6,8,10H2,1H3. The second kappa shape index (κ2) is 6.13. The van der Waals surface area contributed by atoms with Gasteiger partial charge in [-0.3, -0.25) is 4.98 Å². The summed E-state index contributed by atoms with van der Waals surface area (Å²) >= 11 is 0. The van der Waals surface area contributed by atoms with Gasteiger partial charge in [0.05, 0.1) is 11.7 Å². The number of ether oxygens (including phenoxy) is 1. The van der Waals surface area contributed by atoms with Gasteiger partial charge in [0.25, 0.3) is 0 Å². The van der Waals surface area contributed by atoms with Crippen LogP contribution < -0.4 is 0 Å². The maximum absolute atomic E-state index is 5.88. The predicted octanol–water partition coefficient (Wildman–Crippen LogP) is 3.23. The molecule has 0 aromatic carbocycles. The summed E-state index contributed by atoms with van der Waals surface area (Å²) in [5, 5.41) is 8.06. The molecule has 1 aliphatic rings. The second-order valence-corrected chi connectivity index (χ2v) is 5.45. The van der Waals surface area contributed by atoms with Crippen LogP contribution in [-0.2, 0) is 11.3 Å². The molecule has 5 nitrogen and oxygen atoms in total. The summed E-state index contributed by atoms with van der Waals surface area (Å²) in [5.41, 5.74) is 0.831. The molecule has 0 aliphatic heterocycles. The van der Waals surface area contributed by atoms with Crippen molar-refractivity contribution in [2.75, 3.05) is 0 Å². The van der Waals surface area contributed by atoms with Gasteiger partial charge in [-0.2, -0.15) is 0 Å². The summed E-state index contributed by atoms with van der Waals surface area (Å²) in [4.78, 5) is 4.04. The van der Waals surface area contributed by atoms with Crippen LogP contribution in [0.25, 0.3) is 11.5 Å². The number of nitrogens with zero attached hydrogens (tertiary/aromatic N) is 3. The van der Waals surface area contributed by atoms with Gasteiger partial charge in [0.2, 0.25) is 11.8 Å². The number of pyridine rings is 1. The molecular weight excluding hydrogens is 254 g/mol. The largest absolute Gasteiger partial charge is 0.418 e. The molecule has 0 saturated heterocycles. The maximum Gasteiger partial charge on any atom is 0.249 e. The molecule has 0 radical (unpaired) electrons. The van der Waals surface area contributed by atoms with E-state index < -0.39 is 0 Å². The lowest BCUT2D eigenvalue weighted by Crippen LogP contribution is -2.21. The van der Waals surface area contributed by atoms with Crippen LogP contribution in [0.4, 0.5) is 0 Å². The Labute approximate surface area is 118 Å².